The van der Waals surface area contributed by atoms with Gasteiger partial charge in [-0.05, 0) is 38.5 Å². The molecule has 0 aliphatic rings. The summed E-state index contributed by atoms with van der Waals surface area (Å²) >= 11 is 1.32. The molecule has 0 atom stereocenters. The van der Waals surface area contributed by atoms with Gasteiger partial charge in [-0.15, -0.1) is 0 Å². The Morgan fingerprint density at radius 2 is 2.09 bits per heavy atom. The maximum atomic E-state index is 12.5. The van der Waals surface area contributed by atoms with Crippen LogP contribution in [0.3, 0.4) is 0 Å². The van der Waals surface area contributed by atoms with Crippen molar-refractivity contribution >= 4 is 36.7 Å². The van der Waals surface area contributed by atoms with Crippen LogP contribution >= 0.6 is 11.3 Å². The number of sulfonamides is 1. The van der Waals surface area contributed by atoms with Crippen LogP contribution in [-0.2, 0) is 16.6 Å². The molecule has 3 rings (SSSR count). The first kappa shape index (κ1) is 15.0. The van der Waals surface area contributed by atoms with Gasteiger partial charge in [-0.2, -0.15) is 5.10 Å². The number of fused-ring (bicyclic) bond motifs is 1. The lowest BCUT2D eigenvalue weighted by Gasteiger charge is -2.02. The topological polar surface area (TPSA) is 76.9 Å². The average Bonchev–Trinajstić information content (AvgIpc) is 3.00. The Balaban J connectivity index is 1.97. The zero-order valence-electron chi connectivity index (χ0n) is 12.5. The van der Waals surface area contributed by atoms with E-state index >= 15 is 0 Å². The SMILES string of the molecule is CCn1cc(S(=O)(=O)Nc2nc3ccc(C)cc3s2)c(C)n1. The summed E-state index contributed by atoms with van der Waals surface area (Å²) in [6.45, 7) is 6.21. The first-order chi connectivity index (χ1) is 10.4. The normalized spacial score (nSPS) is 12.0. The molecule has 22 heavy (non-hydrogen) atoms. The molecule has 6 nitrogen and oxygen atoms in total. The molecule has 1 N–H and O–H groups in total. The molecule has 2 aromatic heterocycles. The molecule has 0 aliphatic carbocycles. The van der Waals surface area contributed by atoms with Crippen LogP contribution in [0.25, 0.3) is 10.2 Å². The maximum absolute atomic E-state index is 12.5. The monoisotopic (exact) mass is 336 g/mol. The molecular weight excluding hydrogens is 320 g/mol. The molecule has 0 unspecified atom stereocenters. The fourth-order valence-corrected chi connectivity index (χ4v) is 4.56. The zero-order chi connectivity index (χ0) is 15.9. The van der Waals surface area contributed by atoms with Crippen LogP contribution in [0.5, 0.6) is 0 Å². The number of nitrogens with one attached hydrogen (secondary N) is 1. The minimum atomic E-state index is -3.68. The number of anilines is 1. The van der Waals surface area contributed by atoms with Crippen LogP contribution in [0.1, 0.15) is 18.2 Å². The summed E-state index contributed by atoms with van der Waals surface area (Å²) in [5.41, 5.74) is 2.38. The minimum Gasteiger partial charge on any atom is -0.271 e. The summed E-state index contributed by atoms with van der Waals surface area (Å²) in [7, 11) is -3.68. The second-order valence-corrected chi connectivity index (χ2v) is 7.71. The smallest absolute Gasteiger partial charge is 0.267 e. The quantitative estimate of drug-likeness (QED) is 0.795. The minimum absolute atomic E-state index is 0.185. The van der Waals surface area contributed by atoms with Gasteiger partial charge in [-0.25, -0.2) is 13.4 Å². The number of hydrogen-bond donors (Lipinski definition) is 1. The highest BCUT2D eigenvalue weighted by Gasteiger charge is 2.21. The Labute approximate surface area is 132 Å². The molecular formula is C14H16N4O2S2. The van der Waals surface area contributed by atoms with E-state index in [9.17, 15) is 8.42 Å². The van der Waals surface area contributed by atoms with Crippen molar-refractivity contribution in [3.63, 3.8) is 0 Å². The van der Waals surface area contributed by atoms with Crippen molar-refractivity contribution in [3.8, 4) is 0 Å². The second-order valence-electron chi connectivity index (χ2n) is 5.03. The van der Waals surface area contributed by atoms with Gasteiger partial charge in [0.05, 0.1) is 15.9 Å². The fourth-order valence-electron chi connectivity index (χ4n) is 2.17. The Hall–Kier alpha value is -1.93. The lowest BCUT2D eigenvalue weighted by Crippen LogP contribution is -2.13. The van der Waals surface area contributed by atoms with Crippen LogP contribution in [0.4, 0.5) is 5.13 Å². The third kappa shape index (κ3) is 2.71. The first-order valence-electron chi connectivity index (χ1n) is 6.83. The summed E-state index contributed by atoms with van der Waals surface area (Å²) in [6, 6.07) is 5.83. The highest BCUT2D eigenvalue weighted by Crippen LogP contribution is 2.28. The van der Waals surface area contributed by atoms with Crippen molar-refractivity contribution in [2.24, 2.45) is 0 Å². The molecule has 0 fully saturated rings. The van der Waals surface area contributed by atoms with E-state index in [1.807, 2.05) is 32.0 Å². The van der Waals surface area contributed by atoms with Gasteiger partial charge in [0.1, 0.15) is 4.90 Å². The van der Waals surface area contributed by atoms with Crippen molar-refractivity contribution in [2.45, 2.75) is 32.2 Å². The molecule has 0 saturated heterocycles. The van der Waals surface area contributed by atoms with Gasteiger partial charge in [0, 0.05) is 12.7 Å². The Kier molecular flexibility index (Phi) is 3.65. The molecule has 0 amide bonds. The van der Waals surface area contributed by atoms with Gasteiger partial charge in [-0.1, -0.05) is 17.4 Å². The van der Waals surface area contributed by atoms with E-state index in [1.165, 1.54) is 17.5 Å². The molecule has 116 valence electrons. The predicted octanol–water partition coefficient (Wildman–Crippen LogP) is 2.93. The highest BCUT2D eigenvalue weighted by molar-refractivity contribution is 7.93. The summed E-state index contributed by atoms with van der Waals surface area (Å²) in [5, 5.41) is 4.54. The average molecular weight is 336 g/mol. The van der Waals surface area contributed by atoms with Crippen molar-refractivity contribution < 1.29 is 8.42 Å². The number of aromatic nitrogens is 3. The standard InChI is InChI=1S/C14H16N4O2S2/c1-4-18-8-13(10(3)16-18)22(19,20)17-14-15-11-6-5-9(2)7-12(11)21-14/h5-8H,4H2,1-3H3,(H,15,17). The maximum Gasteiger partial charge on any atom is 0.267 e. The first-order valence-corrected chi connectivity index (χ1v) is 9.13. The largest absolute Gasteiger partial charge is 0.271 e. The lowest BCUT2D eigenvalue weighted by atomic mass is 10.2. The molecule has 1 aromatic carbocycles. The van der Waals surface area contributed by atoms with Crippen LogP contribution in [0.2, 0.25) is 0 Å². The van der Waals surface area contributed by atoms with E-state index in [2.05, 4.69) is 14.8 Å². The van der Waals surface area contributed by atoms with E-state index in [1.54, 1.807) is 11.6 Å². The summed E-state index contributed by atoms with van der Waals surface area (Å²) in [5.74, 6) is 0. The number of thiazole rings is 1. The molecule has 0 spiro atoms. The Morgan fingerprint density at radius 3 is 2.77 bits per heavy atom. The molecule has 2 heterocycles. The third-order valence-electron chi connectivity index (χ3n) is 3.28. The van der Waals surface area contributed by atoms with Crippen LogP contribution in [0, 0.1) is 13.8 Å². The Bertz CT molecular complexity index is 941. The molecule has 3 aromatic rings. The number of aryl methyl sites for hydroxylation is 3. The molecule has 8 heteroatoms. The van der Waals surface area contributed by atoms with Crippen LogP contribution in [0.15, 0.2) is 29.3 Å². The van der Waals surface area contributed by atoms with Gasteiger partial charge < -0.3 is 0 Å². The van der Waals surface area contributed by atoms with Crippen molar-refractivity contribution in [1.82, 2.24) is 14.8 Å². The van der Waals surface area contributed by atoms with Crippen LogP contribution in [-0.4, -0.2) is 23.2 Å². The number of hydrogen-bond acceptors (Lipinski definition) is 5. The van der Waals surface area contributed by atoms with E-state index < -0.39 is 10.0 Å². The van der Waals surface area contributed by atoms with Crippen molar-refractivity contribution in [2.75, 3.05) is 4.72 Å². The van der Waals surface area contributed by atoms with E-state index in [0.717, 1.165) is 15.8 Å². The van der Waals surface area contributed by atoms with E-state index in [0.29, 0.717) is 17.4 Å². The Morgan fingerprint density at radius 1 is 1.32 bits per heavy atom. The third-order valence-corrected chi connectivity index (χ3v) is 5.79. The summed E-state index contributed by atoms with van der Waals surface area (Å²) in [4.78, 5) is 4.51. The fraction of sp³-hybridized carbons (Fsp3) is 0.286. The molecule has 0 aliphatic heterocycles. The van der Waals surface area contributed by atoms with Crippen LogP contribution < -0.4 is 4.72 Å². The van der Waals surface area contributed by atoms with Gasteiger partial charge in [0.15, 0.2) is 5.13 Å². The number of nitrogens with zero attached hydrogens (tertiary/aromatic N) is 3. The van der Waals surface area contributed by atoms with E-state index in [4.69, 9.17) is 0 Å². The number of benzene rings is 1. The van der Waals surface area contributed by atoms with Gasteiger partial charge in [-0.3, -0.25) is 9.40 Å². The zero-order valence-corrected chi connectivity index (χ0v) is 14.1. The molecule has 0 saturated carbocycles. The summed E-state index contributed by atoms with van der Waals surface area (Å²) in [6.07, 6.45) is 1.54. The lowest BCUT2D eigenvalue weighted by molar-refractivity contribution is 0.600. The van der Waals surface area contributed by atoms with Gasteiger partial charge in [0.2, 0.25) is 0 Å². The van der Waals surface area contributed by atoms with E-state index in [-0.39, 0.29) is 4.90 Å². The number of rotatable bonds is 4. The molecule has 0 radical (unpaired) electrons. The highest BCUT2D eigenvalue weighted by atomic mass is 32.2. The summed E-state index contributed by atoms with van der Waals surface area (Å²) < 4.78 is 30.1. The molecule has 0 bridgehead atoms. The second kappa shape index (κ2) is 5.36. The van der Waals surface area contributed by atoms with Gasteiger partial charge >= 0.3 is 0 Å². The van der Waals surface area contributed by atoms with Crippen molar-refractivity contribution in [3.05, 3.63) is 35.7 Å². The van der Waals surface area contributed by atoms with Crippen molar-refractivity contribution in [1.29, 1.82) is 0 Å². The predicted molar refractivity (Wildman–Crippen MR) is 87.8 cm³/mol. The van der Waals surface area contributed by atoms with Gasteiger partial charge in [0.25, 0.3) is 10.0 Å².